The van der Waals surface area contributed by atoms with Gasteiger partial charge >= 0.3 is 0 Å². The van der Waals surface area contributed by atoms with Gasteiger partial charge in [-0.05, 0) is 42.7 Å². The highest BCUT2D eigenvalue weighted by molar-refractivity contribution is 8.00. The van der Waals surface area contributed by atoms with Gasteiger partial charge < -0.3 is 0 Å². The molecule has 2 aromatic rings. The van der Waals surface area contributed by atoms with E-state index in [1.54, 1.807) is 11.8 Å². The lowest BCUT2D eigenvalue weighted by Gasteiger charge is -2.37. The first-order chi connectivity index (χ1) is 10.8. The average molecular weight is 326 g/mol. The highest BCUT2D eigenvalue weighted by Gasteiger charge is 2.66. The van der Waals surface area contributed by atoms with Crippen molar-refractivity contribution in [2.75, 3.05) is 0 Å². The zero-order valence-corrected chi connectivity index (χ0v) is 14.9. The van der Waals surface area contributed by atoms with Crippen LogP contribution in [0.15, 0.2) is 29.3 Å². The van der Waals surface area contributed by atoms with Crippen LogP contribution in [0.5, 0.6) is 0 Å². The van der Waals surface area contributed by atoms with Gasteiger partial charge in [-0.2, -0.15) is 0 Å². The summed E-state index contributed by atoms with van der Waals surface area (Å²) in [6.45, 7) is 8.82. The molecule has 1 heterocycles. The molecule has 0 radical (unpaired) electrons. The van der Waals surface area contributed by atoms with Crippen LogP contribution < -0.4 is 0 Å². The van der Waals surface area contributed by atoms with Crippen LogP contribution in [0, 0.1) is 23.7 Å². The zero-order chi connectivity index (χ0) is 16.4. The van der Waals surface area contributed by atoms with E-state index in [1.165, 1.54) is 0 Å². The van der Waals surface area contributed by atoms with E-state index >= 15 is 0 Å². The number of para-hydroxylation sites is 2. The molecule has 4 rings (SSSR count). The maximum Gasteiger partial charge on any atom is 0.150 e. The number of thioether (sulfide) groups is 1. The van der Waals surface area contributed by atoms with Crippen molar-refractivity contribution in [1.82, 2.24) is 9.97 Å². The highest BCUT2D eigenvalue weighted by Crippen LogP contribution is 2.67. The Bertz CT molecular complexity index is 816. The minimum absolute atomic E-state index is 0.00501. The van der Waals surface area contributed by atoms with Crippen LogP contribution in [0.1, 0.15) is 39.3 Å². The molecule has 120 valence electrons. The third kappa shape index (κ3) is 1.94. The van der Waals surface area contributed by atoms with E-state index in [-0.39, 0.29) is 22.0 Å². The van der Waals surface area contributed by atoms with E-state index in [9.17, 15) is 4.79 Å². The summed E-state index contributed by atoms with van der Waals surface area (Å²) in [5.74, 6) is 0.627. The Morgan fingerprint density at radius 2 is 1.78 bits per heavy atom. The molecule has 0 unspecified atom stereocenters. The van der Waals surface area contributed by atoms with Crippen molar-refractivity contribution in [2.45, 2.75) is 50.8 Å². The summed E-state index contributed by atoms with van der Waals surface area (Å²) in [7, 11) is 0. The average Bonchev–Trinajstić information content (AvgIpc) is 2.81. The second-order valence-electron chi connectivity index (χ2n) is 7.73. The van der Waals surface area contributed by atoms with Crippen LogP contribution >= 0.6 is 11.8 Å². The van der Waals surface area contributed by atoms with Crippen molar-refractivity contribution in [1.29, 1.82) is 0 Å². The van der Waals surface area contributed by atoms with Crippen LogP contribution in [0.4, 0.5) is 0 Å². The minimum Gasteiger partial charge on any atom is -0.298 e. The Morgan fingerprint density at radius 3 is 2.39 bits per heavy atom. The largest absolute Gasteiger partial charge is 0.298 e. The summed E-state index contributed by atoms with van der Waals surface area (Å²) < 4.78 is 0. The molecule has 2 aliphatic carbocycles. The summed E-state index contributed by atoms with van der Waals surface area (Å²) >= 11 is 1.64. The second kappa shape index (κ2) is 4.79. The molecule has 0 amide bonds. The molecule has 0 N–H and O–H groups in total. The van der Waals surface area contributed by atoms with E-state index in [4.69, 9.17) is 4.98 Å². The van der Waals surface area contributed by atoms with Crippen LogP contribution in [0.2, 0.25) is 0 Å². The van der Waals surface area contributed by atoms with E-state index in [0.29, 0.717) is 5.78 Å². The number of carbonyl (C=O) groups excluding carboxylic acids is 1. The molecule has 4 heteroatoms. The van der Waals surface area contributed by atoms with E-state index in [0.717, 1.165) is 34.6 Å². The number of aryl methyl sites for hydroxylation is 1. The molecule has 0 spiro atoms. The lowest BCUT2D eigenvalue weighted by atomic mass is 9.71. The van der Waals surface area contributed by atoms with Crippen LogP contribution in [0.25, 0.3) is 11.0 Å². The molecular weight excluding hydrogens is 304 g/mol. The number of hydrogen-bond acceptors (Lipinski definition) is 4. The molecule has 3 nitrogen and oxygen atoms in total. The fourth-order valence-corrected chi connectivity index (χ4v) is 6.02. The molecule has 0 aliphatic heterocycles. The standard InChI is InChI=1S/C19H22N2OS/c1-11-17(21-14-8-6-5-7-13(14)20-11)23-16-15(22)12-9-10-19(16,4)18(12,2)3/h5-8,12,16H,9-10H2,1-4H3/t12-,16+,19-/m0/s1. The Hall–Kier alpha value is -1.42. The monoisotopic (exact) mass is 326 g/mol. The maximum atomic E-state index is 12.9. The lowest BCUT2D eigenvalue weighted by Crippen LogP contribution is -2.35. The Labute approximate surface area is 141 Å². The Morgan fingerprint density at radius 1 is 1.13 bits per heavy atom. The molecule has 2 aliphatic rings. The predicted molar refractivity (Wildman–Crippen MR) is 93.5 cm³/mol. The molecular formula is C19H22N2OS. The van der Waals surface area contributed by atoms with Crippen molar-refractivity contribution in [3.63, 3.8) is 0 Å². The summed E-state index contributed by atoms with van der Waals surface area (Å²) in [4.78, 5) is 22.4. The molecule has 3 atom stereocenters. The molecule has 1 aromatic heterocycles. The van der Waals surface area contributed by atoms with E-state index in [1.807, 2.05) is 31.2 Å². The highest BCUT2D eigenvalue weighted by atomic mass is 32.2. The SMILES string of the molecule is Cc1nc2ccccc2nc1S[C@@H]1C(=O)[C@@H]2CC[C@]1(C)C2(C)C. The molecule has 2 bridgehead atoms. The van der Waals surface area contributed by atoms with Gasteiger partial charge in [-0.1, -0.05) is 44.7 Å². The van der Waals surface area contributed by atoms with Gasteiger partial charge in [-0.25, -0.2) is 9.97 Å². The van der Waals surface area contributed by atoms with E-state index < -0.39 is 0 Å². The number of benzene rings is 1. The minimum atomic E-state index is 0.00501. The van der Waals surface area contributed by atoms with Gasteiger partial charge in [-0.3, -0.25) is 4.79 Å². The molecule has 2 fully saturated rings. The third-order valence-corrected chi connectivity index (χ3v) is 8.01. The zero-order valence-electron chi connectivity index (χ0n) is 14.1. The fourth-order valence-electron chi connectivity index (χ4n) is 4.47. The second-order valence-corrected chi connectivity index (χ2v) is 8.83. The number of hydrogen-bond donors (Lipinski definition) is 0. The summed E-state index contributed by atoms with van der Waals surface area (Å²) in [6.07, 6.45) is 2.18. The van der Waals surface area contributed by atoms with E-state index in [2.05, 4.69) is 25.8 Å². The number of ketones is 1. The molecule has 1 aromatic carbocycles. The van der Waals surface area contributed by atoms with Crippen molar-refractivity contribution < 1.29 is 4.79 Å². The first-order valence-electron chi connectivity index (χ1n) is 8.28. The molecule has 23 heavy (non-hydrogen) atoms. The van der Waals surface area contributed by atoms with Gasteiger partial charge in [0.2, 0.25) is 0 Å². The Kier molecular flexibility index (Phi) is 3.15. The number of nitrogens with zero attached hydrogens (tertiary/aromatic N) is 2. The number of fused-ring (bicyclic) bond motifs is 3. The fraction of sp³-hybridized carbons (Fsp3) is 0.526. The van der Waals surface area contributed by atoms with Crippen LogP contribution in [-0.2, 0) is 4.79 Å². The van der Waals surface area contributed by atoms with Crippen LogP contribution in [0.3, 0.4) is 0 Å². The normalized spacial score (nSPS) is 31.9. The van der Waals surface area contributed by atoms with Gasteiger partial charge in [-0.15, -0.1) is 0 Å². The van der Waals surface area contributed by atoms with Crippen molar-refractivity contribution in [3.05, 3.63) is 30.0 Å². The van der Waals surface area contributed by atoms with Crippen molar-refractivity contribution >= 4 is 28.6 Å². The first-order valence-corrected chi connectivity index (χ1v) is 9.16. The number of rotatable bonds is 2. The van der Waals surface area contributed by atoms with Crippen molar-refractivity contribution in [2.24, 2.45) is 16.7 Å². The van der Waals surface area contributed by atoms with Gasteiger partial charge in [0.15, 0.2) is 0 Å². The molecule has 0 saturated heterocycles. The number of carbonyl (C=O) groups is 1. The van der Waals surface area contributed by atoms with Gasteiger partial charge in [0.1, 0.15) is 10.8 Å². The third-order valence-electron chi connectivity index (χ3n) is 6.41. The van der Waals surface area contributed by atoms with Gasteiger partial charge in [0.05, 0.1) is 22.0 Å². The molecule has 2 saturated carbocycles. The van der Waals surface area contributed by atoms with Gasteiger partial charge in [0.25, 0.3) is 0 Å². The summed E-state index contributed by atoms with van der Waals surface area (Å²) in [6, 6.07) is 7.93. The first kappa shape index (κ1) is 15.1. The summed E-state index contributed by atoms with van der Waals surface area (Å²) in [5.41, 5.74) is 2.88. The number of aromatic nitrogens is 2. The maximum absolute atomic E-state index is 12.9. The Balaban J connectivity index is 1.74. The topological polar surface area (TPSA) is 42.9 Å². The van der Waals surface area contributed by atoms with Gasteiger partial charge in [0, 0.05) is 5.92 Å². The lowest BCUT2D eigenvalue weighted by molar-refractivity contribution is -0.122. The number of Topliss-reactive ketones (excluding diaryl/α,β-unsaturated/α-hetero) is 1. The predicted octanol–water partition coefficient (Wildman–Crippen LogP) is 4.42. The van der Waals surface area contributed by atoms with Crippen LogP contribution in [-0.4, -0.2) is 21.0 Å². The smallest absolute Gasteiger partial charge is 0.150 e. The quantitative estimate of drug-likeness (QED) is 0.819. The summed E-state index contributed by atoms with van der Waals surface area (Å²) in [5, 5.41) is 0.914. The van der Waals surface area contributed by atoms with Crippen molar-refractivity contribution in [3.8, 4) is 0 Å².